The number of carbonyl (C=O) groups excluding carboxylic acids is 1. The van der Waals surface area contributed by atoms with Crippen LogP contribution in [0.25, 0.3) is 0 Å². The number of nitrogens with zero attached hydrogens (tertiary/aromatic N) is 1. The second-order valence-corrected chi connectivity index (χ2v) is 7.09. The highest BCUT2D eigenvalue weighted by molar-refractivity contribution is 6.30. The number of hydrogen-bond donors (Lipinski definition) is 1. The van der Waals surface area contributed by atoms with Crippen LogP contribution < -0.4 is 5.32 Å². The van der Waals surface area contributed by atoms with Gasteiger partial charge in [0, 0.05) is 17.6 Å². The third-order valence-electron chi connectivity index (χ3n) is 4.90. The second-order valence-electron chi connectivity index (χ2n) is 6.65. The first-order valence-electron chi connectivity index (χ1n) is 8.89. The maximum atomic E-state index is 14.0. The monoisotopic (exact) mass is 398 g/mol. The van der Waals surface area contributed by atoms with Gasteiger partial charge < -0.3 is 10.2 Å². The minimum atomic E-state index is -0.811. The van der Waals surface area contributed by atoms with Crippen LogP contribution in [0.4, 0.5) is 19.3 Å². The van der Waals surface area contributed by atoms with E-state index in [0.717, 1.165) is 23.3 Å². The molecule has 28 heavy (non-hydrogen) atoms. The first kappa shape index (κ1) is 18.4. The van der Waals surface area contributed by atoms with E-state index in [0.29, 0.717) is 18.0 Å². The number of carbonyl (C=O) groups is 1. The molecule has 0 unspecified atom stereocenters. The fraction of sp³-hybridized carbons (Fsp3) is 0.136. The molecule has 2 amide bonds. The fourth-order valence-corrected chi connectivity index (χ4v) is 3.69. The van der Waals surface area contributed by atoms with Crippen molar-refractivity contribution in [3.63, 3.8) is 0 Å². The van der Waals surface area contributed by atoms with Crippen molar-refractivity contribution in [1.82, 2.24) is 4.90 Å². The molecule has 1 heterocycles. The number of fused-ring (bicyclic) bond motifs is 1. The summed E-state index contributed by atoms with van der Waals surface area (Å²) in [5.41, 5.74) is 3.04. The molecule has 0 aliphatic carbocycles. The van der Waals surface area contributed by atoms with Crippen LogP contribution in [0.5, 0.6) is 0 Å². The van der Waals surface area contributed by atoms with Crippen LogP contribution in [-0.2, 0) is 6.42 Å². The molecule has 6 heteroatoms. The standard InChI is InChI=1S/C22H17ClF2N2O/c23-16-7-5-15(6-8-16)21-18-4-2-1-3-14(18)11-12-27(21)22(28)26-20-10-9-17(24)13-19(20)25/h1-10,13,21H,11-12H2,(H,26,28)/t21-/m0/s1. The van der Waals surface area contributed by atoms with Crippen molar-refractivity contribution in [2.75, 3.05) is 11.9 Å². The lowest BCUT2D eigenvalue weighted by atomic mass is 9.88. The number of amides is 2. The molecule has 3 nitrogen and oxygen atoms in total. The van der Waals surface area contributed by atoms with E-state index in [4.69, 9.17) is 11.6 Å². The maximum absolute atomic E-state index is 14.0. The van der Waals surface area contributed by atoms with Gasteiger partial charge in [0.25, 0.3) is 0 Å². The second kappa shape index (κ2) is 7.60. The minimum absolute atomic E-state index is 0.0554. The van der Waals surface area contributed by atoms with Crippen molar-refractivity contribution in [2.24, 2.45) is 0 Å². The van der Waals surface area contributed by atoms with Gasteiger partial charge in [0.05, 0.1) is 11.7 Å². The van der Waals surface area contributed by atoms with Gasteiger partial charge in [0.2, 0.25) is 0 Å². The van der Waals surface area contributed by atoms with E-state index in [1.807, 2.05) is 36.4 Å². The van der Waals surface area contributed by atoms with E-state index >= 15 is 0 Å². The molecular weight excluding hydrogens is 382 g/mol. The maximum Gasteiger partial charge on any atom is 0.322 e. The summed E-state index contributed by atoms with van der Waals surface area (Å²) in [6, 6.07) is 17.6. The summed E-state index contributed by atoms with van der Waals surface area (Å²) in [5.74, 6) is -1.50. The zero-order chi connectivity index (χ0) is 19.7. The Kier molecular flexibility index (Phi) is 5.01. The van der Waals surface area contributed by atoms with Crippen LogP contribution >= 0.6 is 11.6 Å². The van der Waals surface area contributed by atoms with Crippen molar-refractivity contribution in [3.05, 3.63) is 100 Å². The number of nitrogens with one attached hydrogen (secondary N) is 1. The highest BCUT2D eigenvalue weighted by Crippen LogP contribution is 2.36. The van der Waals surface area contributed by atoms with Crippen molar-refractivity contribution >= 4 is 23.3 Å². The minimum Gasteiger partial charge on any atom is -0.313 e. The molecule has 3 aromatic carbocycles. The summed E-state index contributed by atoms with van der Waals surface area (Å²) in [7, 11) is 0. The SMILES string of the molecule is O=C(Nc1ccc(F)cc1F)N1CCc2ccccc2[C@@H]1c1ccc(Cl)cc1. The van der Waals surface area contributed by atoms with E-state index in [9.17, 15) is 13.6 Å². The number of anilines is 1. The van der Waals surface area contributed by atoms with Gasteiger partial charge in [-0.3, -0.25) is 0 Å². The molecule has 1 N–H and O–H groups in total. The lowest BCUT2D eigenvalue weighted by Gasteiger charge is -2.37. The van der Waals surface area contributed by atoms with Crippen molar-refractivity contribution in [2.45, 2.75) is 12.5 Å². The predicted molar refractivity (Wildman–Crippen MR) is 106 cm³/mol. The van der Waals surface area contributed by atoms with E-state index in [-0.39, 0.29) is 11.7 Å². The van der Waals surface area contributed by atoms with Crippen LogP contribution in [0.15, 0.2) is 66.7 Å². The summed E-state index contributed by atoms with van der Waals surface area (Å²) >= 11 is 6.02. The first-order valence-corrected chi connectivity index (χ1v) is 9.26. The number of halogens is 3. The fourth-order valence-electron chi connectivity index (χ4n) is 3.57. The van der Waals surface area contributed by atoms with E-state index in [1.54, 1.807) is 17.0 Å². The lowest BCUT2D eigenvalue weighted by Crippen LogP contribution is -2.43. The highest BCUT2D eigenvalue weighted by Gasteiger charge is 2.32. The van der Waals surface area contributed by atoms with Gasteiger partial charge in [-0.1, -0.05) is 48.0 Å². The Morgan fingerprint density at radius 1 is 1.04 bits per heavy atom. The van der Waals surface area contributed by atoms with Gasteiger partial charge in [0.15, 0.2) is 0 Å². The average Bonchev–Trinajstić information content (AvgIpc) is 2.70. The largest absolute Gasteiger partial charge is 0.322 e. The number of benzene rings is 3. The summed E-state index contributed by atoms with van der Waals surface area (Å²) in [5, 5.41) is 3.18. The van der Waals surface area contributed by atoms with Crippen LogP contribution in [0, 0.1) is 11.6 Å². The van der Waals surface area contributed by atoms with E-state index in [1.165, 1.54) is 11.6 Å². The normalized spacial score (nSPS) is 15.8. The Balaban J connectivity index is 1.70. The molecule has 0 saturated heterocycles. The molecule has 0 radical (unpaired) electrons. The highest BCUT2D eigenvalue weighted by atomic mass is 35.5. The molecule has 1 atom stereocenters. The van der Waals surface area contributed by atoms with E-state index < -0.39 is 17.7 Å². The van der Waals surface area contributed by atoms with Crippen LogP contribution in [0.2, 0.25) is 5.02 Å². The molecular formula is C22H17ClF2N2O. The molecule has 0 saturated carbocycles. The van der Waals surface area contributed by atoms with Gasteiger partial charge in [-0.25, -0.2) is 13.6 Å². The Morgan fingerprint density at radius 3 is 2.54 bits per heavy atom. The molecule has 1 aliphatic heterocycles. The summed E-state index contributed by atoms with van der Waals surface area (Å²) in [6.07, 6.45) is 0.694. The Labute approximate surface area is 166 Å². The Bertz CT molecular complexity index is 1020. The summed E-state index contributed by atoms with van der Waals surface area (Å²) < 4.78 is 27.1. The van der Waals surface area contributed by atoms with Crippen molar-refractivity contribution < 1.29 is 13.6 Å². The number of rotatable bonds is 2. The summed E-state index contributed by atoms with van der Waals surface area (Å²) in [4.78, 5) is 14.7. The third-order valence-corrected chi connectivity index (χ3v) is 5.15. The van der Waals surface area contributed by atoms with Crippen LogP contribution in [0.1, 0.15) is 22.7 Å². The predicted octanol–water partition coefficient (Wildman–Crippen LogP) is 5.80. The Morgan fingerprint density at radius 2 is 1.79 bits per heavy atom. The molecule has 4 rings (SSSR count). The molecule has 3 aromatic rings. The van der Waals surface area contributed by atoms with Gasteiger partial charge >= 0.3 is 6.03 Å². The smallest absolute Gasteiger partial charge is 0.313 e. The molecule has 0 aromatic heterocycles. The van der Waals surface area contributed by atoms with E-state index in [2.05, 4.69) is 5.32 Å². The zero-order valence-electron chi connectivity index (χ0n) is 14.8. The van der Waals surface area contributed by atoms with Gasteiger partial charge in [0.1, 0.15) is 11.6 Å². The molecule has 0 bridgehead atoms. The topological polar surface area (TPSA) is 32.3 Å². The molecule has 1 aliphatic rings. The van der Waals surface area contributed by atoms with Gasteiger partial charge in [-0.05, 0) is 47.4 Å². The average molecular weight is 399 g/mol. The number of hydrogen-bond acceptors (Lipinski definition) is 1. The number of urea groups is 1. The zero-order valence-corrected chi connectivity index (χ0v) is 15.6. The van der Waals surface area contributed by atoms with Crippen molar-refractivity contribution in [3.8, 4) is 0 Å². The van der Waals surface area contributed by atoms with Crippen LogP contribution in [0.3, 0.4) is 0 Å². The van der Waals surface area contributed by atoms with Gasteiger partial charge in [-0.2, -0.15) is 0 Å². The Hall–Kier alpha value is -2.92. The van der Waals surface area contributed by atoms with Crippen LogP contribution in [-0.4, -0.2) is 17.5 Å². The molecule has 0 fully saturated rings. The molecule has 0 spiro atoms. The third kappa shape index (κ3) is 3.58. The lowest BCUT2D eigenvalue weighted by molar-refractivity contribution is 0.194. The van der Waals surface area contributed by atoms with Crippen molar-refractivity contribution in [1.29, 1.82) is 0 Å². The summed E-state index contributed by atoms with van der Waals surface area (Å²) in [6.45, 7) is 0.471. The quantitative estimate of drug-likeness (QED) is 0.581. The van der Waals surface area contributed by atoms with Gasteiger partial charge in [-0.15, -0.1) is 0 Å². The first-order chi connectivity index (χ1) is 13.5. The molecule has 142 valence electrons.